The highest BCUT2D eigenvalue weighted by atomic mass is 32.2. The van der Waals surface area contributed by atoms with Crippen molar-refractivity contribution in [1.29, 1.82) is 5.26 Å². The van der Waals surface area contributed by atoms with Crippen molar-refractivity contribution >= 4 is 34.4 Å². The summed E-state index contributed by atoms with van der Waals surface area (Å²) in [7, 11) is 2.05. The van der Waals surface area contributed by atoms with E-state index in [-0.39, 0.29) is 41.0 Å². The van der Waals surface area contributed by atoms with Crippen molar-refractivity contribution in [2.24, 2.45) is 0 Å². The topological polar surface area (TPSA) is 111 Å². The fourth-order valence-corrected chi connectivity index (χ4v) is 6.83. The van der Waals surface area contributed by atoms with Gasteiger partial charge >= 0.3 is 6.18 Å². The van der Waals surface area contributed by atoms with Crippen LogP contribution in [0.1, 0.15) is 30.4 Å². The van der Waals surface area contributed by atoms with Gasteiger partial charge in [-0.1, -0.05) is 30.5 Å². The van der Waals surface area contributed by atoms with E-state index in [1.807, 2.05) is 4.90 Å². The van der Waals surface area contributed by atoms with Gasteiger partial charge in [0, 0.05) is 31.4 Å². The molecule has 43 heavy (non-hydrogen) atoms. The summed E-state index contributed by atoms with van der Waals surface area (Å²) in [6, 6.07) is 5.97. The maximum absolute atomic E-state index is 14.1. The lowest BCUT2D eigenvalue weighted by Gasteiger charge is -2.41. The lowest BCUT2D eigenvalue weighted by molar-refractivity contribution is -0.138. The van der Waals surface area contributed by atoms with Crippen LogP contribution >= 0.6 is 11.8 Å². The predicted molar refractivity (Wildman–Crippen MR) is 157 cm³/mol. The van der Waals surface area contributed by atoms with E-state index in [0.29, 0.717) is 35.9 Å². The number of likely N-dealkylation sites (tertiary alicyclic amines) is 1. The number of piperazine rings is 1. The van der Waals surface area contributed by atoms with Crippen LogP contribution in [-0.2, 0) is 11.0 Å². The van der Waals surface area contributed by atoms with Crippen LogP contribution in [0.4, 0.5) is 19.0 Å². The number of hydrogen-bond acceptors (Lipinski definition) is 9. The standard InChI is InChI=1S/C29H31F3N8O2S/c1-4-23(41)39-14-13-38(16-19(39)10-11-33)26-21-15-34-40(22-9-5-7-18(2)24(22)29(30,31)32)27(42)25(21)35-28(36-26)43-17-20-8-6-12-37(20)3/h4-5,7,9,15,19-20H,1,6,8,10,12-14,16-17H2,2-3H3/t19-,20-/m0/s1. The fraction of sp³-hybridized carbons (Fsp3) is 0.448. The van der Waals surface area contributed by atoms with E-state index in [9.17, 15) is 28.0 Å². The number of amides is 1. The van der Waals surface area contributed by atoms with E-state index in [1.54, 1.807) is 4.90 Å². The van der Waals surface area contributed by atoms with Crippen LogP contribution in [0.5, 0.6) is 0 Å². The Hall–Kier alpha value is -3.96. The van der Waals surface area contributed by atoms with Gasteiger partial charge in [-0.2, -0.15) is 28.2 Å². The zero-order valence-electron chi connectivity index (χ0n) is 23.8. The summed E-state index contributed by atoms with van der Waals surface area (Å²) in [5.74, 6) is 0.778. The number of benzene rings is 1. The second-order valence-electron chi connectivity index (χ2n) is 10.7. The Labute approximate surface area is 250 Å². The Morgan fingerprint density at radius 2 is 2.02 bits per heavy atom. The molecule has 2 aliphatic heterocycles. The number of aromatic nitrogens is 4. The molecular weight excluding hydrogens is 581 g/mol. The van der Waals surface area contributed by atoms with E-state index in [2.05, 4.69) is 34.7 Å². The molecule has 2 aliphatic rings. The maximum Gasteiger partial charge on any atom is 0.418 e. The first-order valence-corrected chi connectivity index (χ1v) is 14.9. The molecule has 0 radical (unpaired) electrons. The summed E-state index contributed by atoms with van der Waals surface area (Å²) in [4.78, 5) is 41.4. The van der Waals surface area contributed by atoms with Gasteiger partial charge in [-0.3, -0.25) is 9.59 Å². The minimum Gasteiger partial charge on any atom is -0.352 e. The Morgan fingerprint density at radius 1 is 1.23 bits per heavy atom. The number of fused-ring (bicyclic) bond motifs is 1. The van der Waals surface area contributed by atoms with Crippen molar-refractivity contribution < 1.29 is 18.0 Å². The Bertz CT molecular complexity index is 1650. The molecule has 226 valence electrons. The average Bonchev–Trinajstić information content (AvgIpc) is 3.39. The van der Waals surface area contributed by atoms with Gasteiger partial charge in [-0.25, -0.2) is 9.97 Å². The molecule has 0 saturated carbocycles. The summed E-state index contributed by atoms with van der Waals surface area (Å²) in [5.41, 5.74) is -2.22. The van der Waals surface area contributed by atoms with Gasteiger partial charge in [-0.15, -0.1) is 0 Å². The lowest BCUT2D eigenvalue weighted by Crippen LogP contribution is -2.55. The number of thioether (sulfide) groups is 1. The molecule has 0 spiro atoms. The molecule has 4 heterocycles. The molecular formula is C29H31F3N8O2S. The van der Waals surface area contributed by atoms with Crippen molar-refractivity contribution in [2.45, 2.75) is 49.6 Å². The molecule has 5 rings (SSSR count). The lowest BCUT2D eigenvalue weighted by atomic mass is 10.1. The summed E-state index contributed by atoms with van der Waals surface area (Å²) in [5, 5.41) is 14.2. The van der Waals surface area contributed by atoms with Crippen LogP contribution in [0.2, 0.25) is 0 Å². The number of halogens is 3. The molecule has 0 unspecified atom stereocenters. The summed E-state index contributed by atoms with van der Waals surface area (Å²) in [6.07, 6.45) is -0.0129. The molecule has 10 nitrogen and oxygen atoms in total. The van der Waals surface area contributed by atoms with Crippen LogP contribution in [0, 0.1) is 18.3 Å². The van der Waals surface area contributed by atoms with Gasteiger partial charge in [0.2, 0.25) is 5.91 Å². The predicted octanol–water partition coefficient (Wildman–Crippen LogP) is 3.81. The first-order valence-electron chi connectivity index (χ1n) is 13.9. The molecule has 2 atom stereocenters. The van der Waals surface area contributed by atoms with E-state index >= 15 is 0 Å². The van der Waals surface area contributed by atoms with E-state index in [1.165, 1.54) is 49.2 Å². The van der Waals surface area contributed by atoms with Crippen LogP contribution < -0.4 is 10.5 Å². The van der Waals surface area contributed by atoms with Crippen LogP contribution in [-0.4, -0.2) is 86.5 Å². The Balaban J connectivity index is 1.63. The van der Waals surface area contributed by atoms with Gasteiger partial charge in [0.05, 0.1) is 41.4 Å². The molecule has 2 saturated heterocycles. The van der Waals surface area contributed by atoms with Crippen molar-refractivity contribution in [2.75, 3.05) is 43.9 Å². The van der Waals surface area contributed by atoms with Gasteiger partial charge in [0.25, 0.3) is 5.56 Å². The highest BCUT2D eigenvalue weighted by molar-refractivity contribution is 7.99. The molecule has 2 aromatic heterocycles. The maximum atomic E-state index is 14.1. The van der Waals surface area contributed by atoms with E-state index in [4.69, 9.17) is 4.98 Å². The zero-order valence-corrected chi connectivity index (χ0v) is 24.7. The monoisotopic (exact) mass is 612 g/mol. The highest BCUT2D eigenvalue weighted by Crippen LogP contribution is 2.36. The minimum atomic E-state index is -4.71. The summed E-state index contributed by atoms with van der Waals surface area (Å²) in [6.45, 7) is 6.78. The molecule has 0 N–H and O–H groups in total. The third-order valence-electron chi connectivity index (χ3n) is 8.01. The fourth-order valence-electron chi connectivity index (χ4n) is 5.76. The number of carbonyl (C=O) groups excluding carboxylic acids is 1. The first kappa shape index (κ1) is 30.5. The number of hydrogen-bond donors (Lipinski definition) is 0. The zero-order chi connectivity index (χ0) is 30.9. The summed E-state index contributed by atoms with van der Waals surface area (Å²) < 4.78 is 42.9. The SMILES string of the molecule is C=CC(=O)N1CCN(c2nc(SC[C@@H]3CCCN3C)nc3c(=O)n(-c4cccc(C)c4C(F)(F)F)ncc23)C[C@@H]1CC#N. The number of aryl methyl sites for hydroxylation is 1. The minimum absolute atomic E-state index is 0.0328. The van der Waals surface area contributed by atoms with Crippen LogP contribution in [0.3, 0.4) is 0 Å². The van der Waals surface area contributed by atoms with Crippen molar-refractivity contribution in [3.8, 4) is 11.8 Å². The first-order chi connectivity index (χ1) is 20.5. The average molecular weight is 613 g/mol. The van der Waals surface area contributed by atoms with E-state index in [0.717, 1.165) is 24.1 Å². The second kappa shape index (κ2) is 12.3. The normalized spacial score (nSPS) is 19.5. The highest BCUT2D eigenvalue weighted by Gasteiger charge is 2.37. The number of carbonyl (C=O) groups is 1. The van der Waals surface area contributed by atoms with Gasteiger partial charge < -0.3 is 14.7 Å². The van der Waals surface area contributed by atoms with Crippen LogP contribution in [0.25, 0.3) is 16.6 Å². The third kappa shape index (κ3) is 6.09. The summed E-state index contributed by atoms with van der Waals surface area (Å²) >= 11 is 1.39. The largest absolute Gasteiger partial charge is 0.418 e. The molecule has 3 aromatic rings. The van der Waals surface area contributed by atoms with Crippen LogP contribution in [0.15, 0.2) is 47.0 Å². The van der Waals surface area contributed by atoms with Crippen molar-refractivity contribution in [3.63, 3.8) is 0 Å². The molecule has 14 heteroatoms. The van der Waals surface area contributed by atoms with Gasteiger partial charge in [-0.05, 0) is 51.1 Å². The molecule has 2 fully saturated rings. The Morgan fingerprint density at radius 3 is 2.70 bits per heavy atom. The second-order valence-corrected chi connectivity index (χ2v) is 11.7. The smallest absolute Gasteiger partial charge is 0.352 e. The number of nitriles is 1. The van der Waals surface area contributed by atoms with Gasteiger partial charge in [0.15, 0.2) is 5.16 Å². The number of nitrogens with zero attached hydrogens (tertiary/aromatic N) is 8. The molecule has 0 aliphatic carbocycles. The molecule has 1 amide bonds. The number of rotatable bonds is 7. The number of alkyl halides is 3. The quantitative estimate of drug-likeness (QED) is 0.224. The van der Waals surface area contributed by atoms with Crippen molar-refractivity contribution in [1.82, 2.24) is 29.5 Å². The van der Waals surface area contributed by atoms with Gasteiger partial charge in [0.1, 0.15) is 11.3 Å². The Kier molecular flexibility index (Phi) is 8.75. The molecule has 0 bridgehead atoms. The molecule has 1 aromatic carbocycles. The number of anilines is 1. The van der Waals surface area contributed by atoms with Crippen molar-refractivity contribution in [3.05, 3.63) is 58.5 Å². The van der Waals surface area contributed by atoms with E-state index < -0.39 is 23.3 Å². The third-order valence-corrected chi connectivity index (χ3v) is 9.00.